The van der Waals surface area contributed by atoms with Crippen LogP contribution in [-0.2, 0) is 7.59 Å². The minimum atomic E-state index is -1.89. The predicted octanol–water partition coefficient (Wildman–Crippen LogP) is 7.30. The Balaban J connectivity index is 3.67. The maximum Gasteiger partial charge on any atom is 0.218 e. The molecule has 0 aliphatic rings. The van der Waals surface area contributed by atoms with Gasteiger partial charge in [-0.25, -0.2) is 0 Å². The summed E-state index contributed by atoms with van der Waals surface area (Å²) in [7, 11) is 0. The number of rotatable bonds is 0. The van der Waals surface area contributed by atoms with Crippen LogP contribution in [0.5, 0.6) is 0 Å². The third-order valence-corrected chi connectivity index (χ3v) is 4.10. The Morgan fingerprint density at radius 1 is 0.706 bits per heavy atom. The van der Waals surface area contributed by atoms with Gasteiger partial charge in [-0.2, -0.15) is 0 Å². The minimum absolute atomic E-state index is 0.00494. The highest BCUT2D eigenvalue weighted by Gasteiger charge is 2.36. The maximum absolute atomic E-state index is 6.01. The van der Waals surface area contributed by atoms with Crippen LogP contribution in [-0.4, -0.2) is 0 Å². The monoisotopic (exact) mass is 412 g/mol. The Hall–Kier alpha value is 1.83. The summed E-state index contributed by atoms with van der Waals surface area (Å²) in [6.45, 7) is 0. The Labute approximate surface area is 143 Å². The Bertz CT molecular complexity index is 440. The van der Waals surface area contributed by atoms with Gasteiger partial charge in [0.25, 0.3) is 0 Å². The molecule has 0 amide bonds. The van der Waals surface area contributed by atoms with E-state index in [1.165, 1.54) is 6.07 Å². The first-order valence-electron chi connectivity index (χ1n) is 3.78. The molecule has 0 radical (unpaired) electrons. The smallest absolute Gasteiger partial charge is 0.0834 e. The summed E-state index contributed by atoms with van der Waals surface area (Å²) >= 11 is 52.2. The molecule has 0 bridgehead atoms. The molecule has 0 unspecified atom stereocenters. The fraction of sp³-hybridized carbons (Fsp3) is 0.250. The van der Waals surface area contributed by atoms with Crippen LogP contribution in [0.25, 0.3) is 0 Å². The van der Waals surface area contributed by atoms with Crippen molar-refractivity contribution >= 4 is 104 Å². The molecule has 0 nitrogen and oxygen atoms in total. The first-order valence-corrected chi connectivity index (χ1v) is 7.18. The van der Waals surface area contributed by atoms with Gasteiger partial charge in [-0.05, 0) is 6.07 Å². The molecule has 0 atom stereocenters. The standard InChI is InChI=1S/C8HCl9/c9-3-1-2(7(12,13)14)5(10)4(6(3)11)8(15,16)17/h1H. The van der Waals surface area contributed by atoms with E-state index in [-0.39, 0.29) is 26.2 Å². The molecular formula is C8HCl9. The number of halogens is 9. The highest BCUT2D eigenvalue weighted by atomic mass is 35.6. The van der Waals surface area contributed by atoms with Crippen molar-refractivity contribution in [1.82, 2.24) is 0 Å². The average Bonchev–Trinajstić information content (AvgIpc) is 2.07. The van der Waals surface area contributed by atoms with E-state index in [2.05, 4.69) is 0 Å². The molecule has 17 heavy (non-hydrogen) atoms. The summed E-state index contributed by atoms with van der Waals surface area (Å²) < 4.78 is -3.69. The zero-order valence-electron chi connectivity index (χ0n) is 7.48. The zero-order chi connectivity index (χ0) is 13.6. The largest absolute Gasteiger partial charge is 0.218 e. The molecule has 1 aromatic carbocycles. The second kappa shape index (κ2) is 5.68. The van der Waals surface area contributed by atoms with Gasteiger partial charge in [0, 0.05) is 11.1 Å². The summed E-state index contributed by atoms with van der Waals surface area (Å²) in [4.78, 5) is 0. The molecule has 0 saturated carbocycles. The lowest BCUT2D eigenvalue weighted by Crippen LogP contribution is -2.09. The second-order valence-electron chi connectivity index (χ2n) is 2.90. The quantitative estimate of drug-likeness (QED) is 0.308. The van der Waals surface area contributed by atoms with Crippen LogP contribution in [0.4, 0.5) is 0 Å². The van der Waals surface area contributed by atoms with Gasteiger partial charge in [0.2, 0.25) is 7.59 Å². The van der Waals surface area contributed by atoms with Crippen molar-refractivity contribution in [2.45, 2.75) is 7.59 Å². The molecule has 0 aliphatic carbocycles. The van der Waals surface area contributed by atoms with Gasteiger partial charge < -0.3 is 0 Å². The predicted molar refractivity (Wildman–Crippen MR) is 79.9 cm³/mol. The Kier molecular flexibility index (Phi) is 5.64. The third kappa shape index (κ3) is 3.90. The van der Waals surface area contributed by atoms with Gasteiger partial charge in [-0.3, -0.25) is 0 Å². The molecule has 0 N–H and O–H groups in total. The molecule has 96 valence electrons. The summed E-state index contributed by atoms with van der Waals surface area (Å²) in [6, 6.07) is 1.30. The molecule has 0 spiro atoms. The van der Waals surface area contributed by atoms with Crippen molar-refractivity contribution in [2.75, 3.05) is 0 Å². The molecule has 1 rings (SSSR count). The Morgan fingerprint density at radius 2 is 1.18 bits per heavy atom. The van der Waals surface area contributed by atoms with Crippen molar-refractivity contribution in [3.63, 3.8) is 0 Å². The second-order valence-corrected chi connectivity index (χ2v) is 8.63. The molecular weight excluding hydrogens is 415 g/mol. The molecule has 9 heteroatoms. The fourth-order valence-corrected chi connectivity index (χ4v) is 3.48. The fourth-order valence-electron chi connectivity index (χ4n) is 1.06. The van der Waals surface area contributed by atoms with E-state index in [1.807, 2.05) is 0 Å². The summed E-state index contributed by atoms with van der Waals surface area (Å²) in [5, 5.41) is 0.00721. The van der Waals surface area contributed by atoms with Gasteiger partial charge in [-0.1, -0.05) is 104 Å². The van der Waals surface area contributed by atoms with Gasteiger partial charge in [0.05, 0.1) is 15.1 Å². The van der Waals surface area contributed by atoms with E-state index in [4.69, 9.17) is 104 Å². The van der Waals surface area contributed by atoms with Crippen molar-refractivity contribution in [1.29, 1.82) is 0 Å². The van der Waals surface area contributed by atoms with Gasteiger partial charge in [-0.15, -0.1) is 0 Å². The van der Waals surface area contributed by atoms with Crippen LogP contribution < -0.4 is 0 Å². The van der Waals surface area contributed by atoms with Gasteiger partial charge in [0.1, 0.15) is 0 Å². The molecule has 0 fully saturated rings. The minimum Gasteiger partial charge on any atom is -0.0834 e. The molecule has 0 saturated heterocycles. The lowest BCUT2D eigenvalue weighted by atomic mass is 10.1. The molecule has 0 aliphatic heterocycles. The van der Waals surface area contributed by atoms with Crippen molar-refractivity contribution in [2.24, 2.45) is 0 Å². The summed E-state index contributed by atoms with van der Waals surface area (Å²) in [5.74, 6) is 0. The first kappa shape index (κ1) is 16.9. The van der Waals surface area contributed by atoms with Crippen molar-refractivity contribution in [3.8, 4) is 0 Å². The van der Waals surface area contributed by atoms with Crippen LogP contribution in [0.3, 0.4) is 0 Å². The van der Waals surface area contributed by atoms with Gasteiger partial charge in [0.15, 0.2) is 0 Å². The average molecular weight is 416 g/mol. The van der Waals surface area contributed by atoms with Crippen LogP contribution in [0.2, 0.25) is 15.1 Å². The number of alkyl halides is 6. The maximum atomic E-state index is 6.01. The number of hydrogen-bond acceptors (Lipinski definition) is 0. The zero-order valence-corrected chi connectivity index (χ0v) is 14.3. The van der Waals surface area contributed by atoms with E-state index in [9.17, 15) is 0 Å². The lowest BCUT2D eigenvalue weighted by Gasteiger charge is -2.21. The molecule has 0 heterocycles. The van der Waals surface area contributed by atoms with E-state index in [0.717, 1.165) is 0 Å². The van der Waals surface area contributed by atoms with Crippen LogP contribution in [0, 0.1) is 0 Å². The molecule has 1 aromatic rings. The number of hydrogen-bond donors (Lipinski definition) is 0. The van der Waals surface area contributed by atoms with E-state index in [0.29, 0.717) is 0 Å². The highest BCUT2D eigenvalue weighted by Crippen LogP contribution is 2.52. The van der Waals surface area contributed by atoms with E-state index in [1.54, 1.807) is 0 Å². The lowest BCUT2D eigenvalue weighted by molar-refractivity contribution is 1.17. The first-order chi connectivity index (χ1) is 7.46. The van der Waals surface area contributed by atoms with Gasteiger partial charge >= 0.3 is 0 Å². The SMILES string of the molecule is Clc1cc(C(Cl)(Cl)Cl)c(Cl)c(C(Cl)(Cl)Cl)c1Cl. The van der Waals surface area contributed by atoms with Crippen molar-refractivity contribution < 1.29 is 0 Å². The van der Waals surface area contributed by atoms with Crippen LogP contribution >= 0.6 is 104 Å². The number of benzene rings is 1. The molecule has 0 aromatic heterocycles. The highest BCUT2D eigenvalue weighted by molar-refractivity contribution is 6.69. The summed E-state index contributed by atoms with van der Waals surface area (Å²) in [6.07, 6.45) is 0. The Morgan fingerprint density at radius 3 is 1.53 bits per heavy atom. The third-order valence-electron chi connectivity index (χ3n) is 1.75. The van der Waals surface area contributed by atoms with Crippen molar-refractivity contribution in [3.05, 3.63) is 32.3 Å². The normalized spacial score (nSPS) is 13.0. The van der Waals surface area contributed by atoms with E-state index < -0.39 is 7.59 Å². The van der Waals surface area contributed by atoms with E-state index >= 15 is 0 Å². The van der Waals surface area contributed by atoms with Crippen LogP contribution in [0.1, 0.15) is 11.1 Å². The topological polar surface area (TPSA) is 0 Å². The summed E-state index contributed by atoms with van der Waals surface area (Å²) in [5.41, 5.74) is 0.0551. The van der Waals surface area contributed by atoms with Crippen LogP contribution in [0.15, 0.2) is 6.07 Å².